The molecular weight excluding hydrogens is 296 g/mol. The van der Waals surface area contributed by atoms with Crippen LogP contribution in [0.5, 0.6) is 12.0 Å². The SMILES string of the molecule is CCCC(C)Oc1nc(N)c2nc(OC)n(CCCCN)c2n1. The van der Waals surface area contributed by atoms with Crippen molar-refractivity contribution in [2.75, 3.05) is 19.4 Å². The lowest BCUT2D eigenvalue weighted by molar-refractivity contribution is 0.193. The number of aryl methyl sites for hydroxylation is 1. The zero-order chi connectivity index (χ0) is 16.8. The summed E-state index contributed by atoms with van der Waals surface area (Å²) in [4.78, 5) is 13.1. The van der Waals surface area contributed by atoms with Crippen LogP contribution in [-0.2, 0) is 6.54 Å². The zero-order valence-electron chi connectivity index (χ0n) is 14.1. The Kier molecular flexibility index (Phi) is 5.97. The Hall–Kier alpha value is -2.09. The maximum atomic E-state index is 6.02. The molecule has 0 spiro atoms. The molecule has 0 aliphatic rings. The van der Waals surface area contributed by atoms with Gasteiger partial charge in [-0.15, -0.1) is 0 Å². The first-order valence-electron chi connectivity index (χ1n) is 8.05. The van der Waals surface area contributed by atoms with Crippen molar-refractivity contribution in [3.8, 4) is 12.0 Å². The van der Waals surface area contributed by atoms with E-state index in [2.05, 4.69) is 21.9 Å². The third kappa shape index (κ3) is 4.01. The molecule has 1 atom stereocenters. The van der Waals surface area contributed by atoms with Crippen molar-refractivity contribution < 1.29 is 9.47 Å². The molecule has 2 aromatic rings. The van der Waals surface area contributed by atoms with Crippen LogP contribution in [0.4, 0.5) is 5.82 Å². The normalized spacial score (nSPS) is 12.5. The van der Waals surface area contributed by atoms with Crippen LogP contribution in [0.1, 0.15) is 39.5 Å². The fourth-order valence-corrected chi connectivity index (χ4v) is 2.45. The van der Waals surface area contributed by atoms with Gasteiger partial charge in [-0.2, -0.15) is 15.0 Å². The number of ether oxygens (including phenoxy) is 2. The number of hydrogen-bond acceptors (Lipinski definition) is 7. The van der Waals surface area contributed by atoms with Crippen LogP contribution in [0.2, 0.25) is 0 Å². The van der Waals surface area contributed by atoms with Gasteiger partial charge in [-0.1, -0.05) is 13.3 Å². The minimum absolute atomic E-state index is 0.0346. The zero-order valence-corrected chi connectivity index (χ0v) is 14.1. The third-order valence-corrected chi connectivity index (χ3v) is 3.59. The van der Waals surface area contributed by atoms with E-state index >= 15 is 0 Å². The lowest BCUT2D eigenvalue weighted by atomic mass is 10.2. The molecule has 0 fully saturated rings. The molecule has 0 aromatic carbocycles. The Labute approximate surface area is 136 Å². The van der Waals surface area contributed by atoms with E-state index in [9.17, 15) is 0 Å². The van der Waals surface area contributed by atoms with Crippen molar-refractivity contribution in [1.82, 2.24) is 19.5 Å². The number of anilines is 1. The number of hydrogen-bond donors (Lipinski definition) is 2. The molecule has 8 heteroatoms. The Bertz CT molecular complexity index is 642. The lowest BCUT2D eigenvalue weighted by Gasteiger charge is -2.12. The quantitative estimate of drug-likeness (QED) is 0.675. The van der Waals surface area contributed by atoms with Gasteiger partial charge in [0.2, 0.25) is 0 Å². The van der Waals surface area contributed by atoms with Crippen LogP contribution in [-0.4, -0.2) is 39.3 Å². The summed E-state index contributed by atoms with van der Waals surface area (Å²) < 4.78 is 13.0. The highest BCUT2D eigenvalue weighted by molar-refractivity contribution is 5.83. The molecule has 0 aliphatic carbocycles. The number of aromatic nitrogens is 4. The minimum atomic E-state index is 0.0346. The van der Waals surface area contributed by atoms with E-state index in [0.717, 1.165) is 25.7 Å². The van der Waals surface area contributed by atoms with E-state index in [1.165, 1.54) is 0 Å². The van der Waals surface area contributed by atoms with Gasteiger partial charge in [0.05, 0.1) is 13.2 Å². The van der Waals surface area contributed by atoms with Gasteiger partial charge >= 0.3 is 6.01 Å². The third-order valence-electron chi connectivity index (χ3n) is 3.59. The van der Waals surface area contributed by atoms with Crippen LogP contribution < -0.4 is 20.9 Å². The first kappa shape index (κ1) is 17.3. The fourth-order valence-electron chi connectivity index (χ4n) is 2.45. The molecule has 128 valence electrons. The Morgan fingerprint density at radius 2 is 2.00 bits per heavy atom. The monoisotopic (exact) mass is 322 g/mol. The van der Waals surface area contributed by atoms with Crippen LogP contribution in [0.25, 0.3) is 11.2 Å². The number of fused-ring (bicyclic) bond motifs is 1. The summed E-state index contributed by atoms with van der Waals surface area (Å²) >= 11 is 0. The predicted octanol–water partition coefficient (Wildman–Crippen LogP) is 1.72. The highest BCUT2D eigenvalue weighted by Gasteiger charge is 2.18. The maximum absolute atomic E-state index is 6.02. The molecule has 0 bridgehead atoms. The number of nitrogen functional groups attached to an aromatic ring is 1. The van der Waals surface area contributed by atoms with E-state index in [1.54, 1.807) is 7.11 Å². The standard InChI is InChI=1S/C15H26N6O2/c1-4-7-10(2)23-14-19-12(17)11-13(20-14)21(9-6-5-8-16)15(18-11)22-3/h10H,4-9,16H2,1-3H3,(H2,17,19,20). The molecule has 0 saturated heterocycles. The van der Waals surface area contributed by atoms with E-state index in [0.29, 0.717) is 36.1 Å². The summed E-state index contributed by atoms with van der Waals surface area (Å²) in [6, 6.07) is 0.746. The van der Waals surface area contributed by atoms with Gasteiger partial charge in [0.1, 0.15) is 0 Å². The topological polar surface area (TPSA) is 114 Å². The Morgan fingerprint density at radius 3 is 2.65 bits per heavy atom. The summed E-state index contributed by atoms with van der Waals surface area (Å²) in [5.41, 5.74) is 12.7. The van der Waals surface area contributed by atoms with Gasteiger partial charge < -0.3 is 20.9 Å². The minimum Gasteiger partial charge on any atom is -0.468 e. The largest absolute Gasteiger partial charge is 0.468 e. The van der Waals surface area contributed by atoms with Gasteiger partial charge in [-0.05, 0) is 32.7 Å². The summed E-state index contributed by atoms with van der Waals surface area (Å²) in [6.45, 7) is 5.45. The molecule has 1 unspecified atom stereocenters. The lowest BCUT2D eigenvalue weighted by Crippen LogP contribution is -2.14. The summed E-state index contributed by atoms with van der Waals surface area (Å²) in [7, 11) is 1.57. The molecule has 23 heavy (non-hydrogen) atoms. The van der Waals surface area contributed by atoms with E-state index in [1.807, 2.05) is 11.5 Å². The predicted molar refractivity (Wildman–Crippen MR) is 89.6 cm³/mol. The molecule has 2 rings (SSSR count). The number of nitrogens with zero attached hydrogens (tertiary/aromatic N) is 4. The molecule has 4 N–H and O–H groups in total. The summed E-state index contributed by atoms with van der Waals surface area (Å²) in [6.07, 6.45) is 3.82. The number of nitrogens with two attached hydrogens (primary N) is 2. The first-order valence-corrected chi connectivity index (χ1v) is 8.05. The van der Waals surface area contributed by atoms with E-state index in [-0.39, 0.29) is 12.1 Å². The summed E-state index contributed by atoms with van der Waals surface area (Å²) in [5.74, 6) is 0.296. The molecule has 8 nitrogen and oxygen atoms in total. The fraction of sp³-hybridized carbons (Fsp3) is 0.667. The molecular formula is C15H26N6O2. The highest BCUT2D eigenvalue weighted by Crippen LogP contribution is 2.26. The van der Waals surface area contributed by atoms with Crippen molar-refractivity contribution in [3.05, 3.63) is 0 Å². The smallest absolute Gasteiger partial charge is 0.320 e. The van der Waals surface area contributed by atoms with Crippen LogP contribution in [0, 0.1) is 0 Å². The Morgan fingerprint density at radius 1 is 1.22 bits per heavy atom. The van der Waals surface area contributed by atoms with Crippen LogP contribution in [0.3, 0.4) is 0 Å². The molecule has 2 aromatic heterocycles. The number of rotatable bonds is 9. The van der Waals surface area contributed by atoms with Gasteiger partial charge in [0.15, 0.2) is 17.0 Å². The maximum Gasteiger partial charge on any atom is 0.320 e. The van der Waals surface area contributed by atoms with Crippen molar-refractivity contribution in [2.24, 2.45) is 5.73 Å². The second-order valence-electron chi connectivity index (χ2n) is 5.53. The first-order chi connectivity index (χ1) is 11.1. The molecule has 0 saturated carbocycles. The summed E-state index contributed by atoms with van der Waals surface area (Å²) in [5, 5.41) is 0. The molecule has 0 amide bonds. The van der Waals surface area contributed by atoms with Crippen molar-refractivity contribution in [1.29, 1.82) is 0 Å². The number of imidazole rings is 1. The molecule has 0 radical (unpaired) electrons. The second kappa shape index (κ2) is 7.96. The van der Waals surface area contributed by atoms with Crippen LogP contribution in [0.15, 0.2) is 0 Å². The van der Waals surface area contributed by atoms with E-state index < -0.39 is 0 Å². The number of unbranched alkanes of at least 4 members (excludes halogenated alkanes) is 1. The highest BCUT2D eigenvalue weighted by atomic mass is 16.5. The van der Waals surface area contributed by atoms with Crippen molar-refractivity contribution in [2.45, 2.75) is 52.2 Å². The van der Waals surface area contributed by atoms with Crippen LogP contribution >= 0.6 is 0 Å². The average molecular weight is 322 g/mol. The van der Waals surface area contributed by atoms with Gasteiger partial charge in [-0.3, -0.25) is 4.57 Å². The Balaban J connectivity index is 2.36. The van der Waals surface area contributed by atoms with Gasteiger partial charge in [0.25, 0.3) is 6.01 Å². The van der Waals surface area contributed by atoms with Crippen molar-refractivity contribution in [3.63, 3.8) is 0 Å². The number of methoxy groups -OCH3 is 1. The molecule has 2 heterocycles. The second-order valence-corrected chi connectivity index (χ2v) is 5.53. The average Bonchev–Trinajstić information content (AvgIpc) is 2.86. The van der Waals surface area contributed by atoms with Gasteiger partial charge in [0, 0.05) is 6.54 Å². The van der Waals surface area contributed by atoms with Crippen molar-refractivity contribution >= 4 is 17.0 Å². The molecule has 0 aliphatic heterocycles. The van der Waals surface area contributed by atoms with Gasteiger partial charge in [-0.25, -0.2) is 0 Å². The van der Waals surface area contributed by atoms with E-state index in [4.69, 9.17) is 20.9 Å².